The average molecular weight is 408 g/mol. The predicted octanol–water partition coefficient (Wildman–Crippen LogP) is 4.81. The highest BCUT2D eigenvalue weighted by atomic mass is 19.1. The highest BCUT2D eigenvalue weighted by molar-refractivity contribution is 6.04. The number of aryl methyl sites for hydroxylation is 1. The summed E-state index contributed by atoms with van der Waals surface area (Å²) in [5.41, 5.74) is 3.65. The summed E-state index contributed by atoms with van der Waals surface area (Å²) in [5, 5.41) is 10.3. The number of phenolic OH excluding ortho intramolecular Hbond substituents is 1. The van der Waals surface area contributed by atoms with Gasteiger partial charge in [0.15, 0.2) is 17.4 Å². The van der Waals surface area contributed by atoms with Gasteiger partial charge in [0.1, 0.15) is 11.3 Å². The van der Waals surface area contributed by atoms with Gasteiger partial charge < -0.3 is 14.6 Å². The summed E-state index contributed by atoms with van der Waals surface area (Å²) < 4.78 is 30.1. The molecule has 0 spiro atoms. The summed E-state index contributed by atoms with van der Waals surface area (Å²) in [6.07, 6.45) is 3.87. The fourth-order valence-corrected chi connectivity index (χ4v) is 4.50. The molecule has 30 heavy (non-hydrogen) atoms. The van der Waals surface area contributed by atoms with Crippen molar-refractivity contribution in [2.75, 3.05) is 20.1 Å². The first-order valence-electron chi connectivity index (χ1n) is 10.1. The molecule has 0 saturated carbocycles. The number of pyridine rings is 1. The van der Waals surface area contributed by atoms with Crippen molar-refractivity contribution in [2.45, 2.75) is 25.8 Å². The van der Waals surface area contributed by atoms with Crippen molar-refractivity contribution in [2.24, 2.45) is 0 Å². The Morgan fingerprint density at radius 1 is 1.00 bits per heavy atom. The molecule has 3 heterocycles. The first-order chi connectivity index (χ1) is 14.4. The van der Waals surface area contributed by atoms with Crippen LogP contribution in [0.2, 0.25) is 0 Å². The minimum Gasteiger partial charge on any atom is -0.503 e. The predicted molar refractivity (Wildman–Crippen MR) is 113 cm³/mol. The number of benzene rings is 2. The van der Waals surface area contributed by atoms with E-state index in [2.05, 4.69) is 21.5 Å². The number of piperidine rings is 1. The summed E-state index contributed by atoms with van der Waals surface area (Å²) in [6, 6.07) is 8.19. The summed E-state index contributed by atoms with van der Waals surface area (Å²) in [4.78, 5) is 11.6. The number of fused-ring (bicyclic) bond motifs is 3. The van der Waals surface area contributed by atoms with Crippen LogP contribution in [0.25, 0.3) is 33.1 Å². The molecule has 154 valence electrons. The molecule has 5 rings (SSSR count). The molecule has 1 aliphatic rings. The van der Waals surface area contributed by atoms with E-state index in [1.807, 2.05) is 19.1 Å². The Morgan fingerprint density at radius 2 is 1.70 bits per heavy atom. The number of nitrogens with zero attached hydrogens (tertiary/aromatic N) is 4. The van der Waals surface area contributed by atoms with Crippen LogP contribution in [0.3, 0.4) is 0 Å². The minimum atomic E-state index is -0.978. The first kappa shape index (κ1) is 18.9. The van der Waals surface area contributed by atoms with Gasteiger partial charge in [-0.05, 0) is 75.3 Å². The van der Waals surface area contributed by atoms with Crippen molar-refractivity contribution >= 4 is 21.9 Å². The molecule has 4 aromatic rings. The Morgan fingerprint density at radius 3 is 2.40 bits per heavy atom. The fourth-order valence-electron chi connectivity index (χ4n) is 4.50. The molecule has 0 aliphatic carbocycles. The van der Waals surface area contributed by atoms with Crippen molar-refractivity contribution < 1.29 is 13.9 Å². The molecular weight excluding hydrogens is 386 g/mol. The molecule has 1 N–H and O–H groups in total. The van der Waals surface area contributed by atoms with E-state index >= 15 is 0 Å². The second-order valence-electron chi connectivity index (χ2n) is 8.08. The summed E-state index contributed by atoms with van der Waals surface area (Å²) in [6.45, 7) is 4.08. The van der Waals surface area contributed by atoms with Gasteiger partial charge in [-0.15, -0.1) is 0 Å². The van der Waals surface area contributed by atoms with Crippen LogP contribution in [0, 0.1) is 18.6 Å². The maximum absolute atomic E-state index is 13.9. The molecule has 2 aromatic carbocycles. The van der Waals surface area contributed by atoms with Crippen molar-refractivity contribution in [3.63, 3.8) is 0 Å². The highest BCUT2D eigenvalue weighted by Crippen LogP contribution is 2.35. The van der Waals surface area contributed by atoms with E-state index in [0.29, 0.717) is 17.2 Å². The molecule has 0 atom stereocenters. The van der Waals surface area contributed by atoms with Crippen LogP contribution in [0.5, 0.6) is 5.75 Å². The largest absolute Gasteiger partial charge is 0.503 e. The zero-order valence-electron chi connectivity index (χ0n) is 16.9. The summed E-state index contributed by atoms with van der Waals surface area (Å²) in [7, 11) is 2.14. The molecule has 0 amide bonds. The molecule has 5 nitrogen and oxygen atoms in total. The molecule has 1 aliphatic heterocycles. The van der Waals surface area contributed by atoms with E-state index in [9.17, 15) is 13.9 Å². The Balaban J connectivity index is 1.72. The number of likely N-dealkylation sites (tertiary alicyclic amines) is 1. The number of hydrogen-bond donors (Lipinski definition) is 1. The lowest BCUT2D eigenvalue weighted by Gasteiger charge is -2.31. The number of halogens is 2. The third-order valence-corrected chi connectivity index (χ3v) is 6.10. The lowest BCUT2D eigenvalue weighted by atomic mass is 10.0. The number of aromatic hydroxyl groups is 1. The Hall–Kier alpha value is -3.06. The van der Waals surface area contributed by atoms with E-state index in [1.54, 1.807) is 12.3 Å². The van der Waals surface area contributed by atoms with Crippen molar-refractivity contribution in [3.8, 4) is 16.9 Å². The monoisotopic (exact) mass is 408 g/mol. The third kappa shape index (κ3) is 3.01. The van der Waals surface area contributed by atoms with Gasteiger partial charge in [0, 0.05) is 11.4 Å². The topological polar surface area (TPSA) is 54.2 Å². The van der Waals surface area contributed by atoms with Gasteiger partial charge in [-0.3, -0.25) is 4.98 Å². The standard InChI is InChI=1S/C23H22F2N4O/c1-13-27-21-12-26-20-4-3-14(15-10-18(24)23(30)19(25)11-15)9-17(20)22(21)29(13)16-5-7-28(2)8-6-16/h3-4,9-12,16,30H,5-8H2,1-2H3. The normalized spacial score (nSPS) is 16.0. The van der Waals surface area contributed by atoms with E-state index in [0.717, 1.165) is 65.8 Å². The molecule has 0 bridgehead atoms. The van der Waals surface area contributed by atoms with E-state index in [4.69, 9.17) is 4.98 Å². The summed E-state index contributed by atoms with van der Waals surface area (Å²) in [5.74, 6) is -1.97. The molecular formula is C23H22F2N4O. The number of phenols is 1. The molecule has 0 unspecified atom stereocenters. The number of rotatable bonds is 2. The van der Waals surface area contributed by atoms with Crippen LogP contribution >= 0.6 is 0 Å². The van der Waals surface area contributed by atoms with Crippen LogP contribution in [0.4, 0.5) is 8.78 Å². The lowest BCUT2D eigenvalue weighted by molar-refractivity contribution is 0.222. The fraction of sp³-hybridized carbons (Fsp3) is 0.304. The molecule has 2 aromatic heterocycles. The molecule has 1 fully saturated rings. The van der Waals surface area contributed by atoms with Gasteiger partial charge in [-0.2, -0.15) is 0 Å². The maximum atomic E-state index is 13.9. The van der Waals surface area contributed by atoms with Crippen LogP contribution < -0.4 is 0 Å². The van der Waals surface area contributed by atoms with Crippen molar-refractivity contribution in [1.82, 2.24) is 19.4 Å². The van der Waals surface area contributed by atoms with Gasteiger partial charge in [-0.1, -0.05) is 6.07 Å². The summed E-state index contributed by atoms with van der Waals surface area (Å²) >= 11 is 0. The molecule has 1 saturated heterocycles. The third-order valence-electron chi connectivity index (χ3n) is 6.10. The van der Waals surface area contributed by atoms with Gasteiger partial charge >= 0.3 is 0 Å². The Kier molecular flexibility index (Phi) is 4.43. The number of aromatic nitrogens is 3. The van der Waals surface area contributed by atoms with Gasteiger partial charge in [-0.25, -0.2) is 13.8 Å². The Bertz CT molecular complexity index is 1250. The first-order valence-corrected chi connectivity index (χ1v) is 10.1. The highest BCUT2D eigenvalue weighted by Gasteiger charge is 2.23. The smallest absolute Gasteiger partial charge is 0.187 e. The SMILES string of the molecule is Cc1nc2cnc3ccc(-c4cc(F)c(O)c(F)c4)cc3c2n1C1CCN(C)CC1. The van der Waals surface area contributed by atoms with Crippen molar-refractivity contribution in [1.29, 1.82) is 0 Å². The number of imidazole rings is 1. The van der Waals surface area contributed by atoms with E-state index < -0.39 is 17.4 Å². The maximum Gasteiger partial charge on any atom is 0.187 e. The number of hydrogen-bond acceptors (Lipinski definition) is 4. The molecule has 7 heteroatoms. The van der Waals surface area contributed by atoms with Gasteiger partial charge in [0.2, 0.25) is 0 Å². The second kappa shape index (κ2) is 7.02. The lowest BCUT2D eigenvalue weighted by Crippen LogP contribution is -2.31. The van der Waals surface area contributed by atoms with Crippen LogP contribution in [0.1, 0.15) is 24.7 Å². The zero-order valence-corrected chi connectivity index (χ0v) is 16.9. The van der Waals surface area contributed by atoms with E-state index in [-0.39, 0.29) is 0 Å². The van der Waals surface area contributed by atoms with Crippen LogP contribution in [-0.4, -0.2) is 44.7 Å². The minimum absolute atomic E-state index is 0.351. The van der Waals surface area contributed by atoms with Gasteiger partial charge in [0.05, 0.1) is 17.2 Å². The van der Waals surface area contributed by atoms with E-state index in [1.165, 1.54) is 0 Å². The molecule has 0 radical (unpaired) electrons. The quantitative estimate of drug-likeness (QED) is 0.517. The average Bonchev–Trinajstić information content (AvgIpc) is 3.08. The van der Waals surface area contributed by atoms with Crippen molar-refractivity contribution in [3.05, 3.63) is 54.0 Å². The van der Waals surface area contributed by atoms with Crippen LogP contribution in [0.15, 0.2) is 36.5 Å². The van der Waals surface area contributed by atoms with Gasteiger partial charge in [0.25, 0.3) is 0 Å². The Labute approximate surface area is 172 Å². The second-order valence-corrected chi connectivity index (χ2v) is 8.08. The van der Waals surface area contributed by atoms with Crippen LogP contribution in [-0.2, 0) is 0 Å². The zero-order chi connectivity index (χ0) is 21.0.